The molecular formula is C12H10ClN5OS2. The molecule has 0 aliphatic heterocycles. The normalized spacial score (nSPS) is 10.7. The Bertz CT molecular complexity index is 737. The van der Waals surface area contributed by atoms with Crippen LogP contribution >= 0.6 is 34.3 Å². The van der Waals surface area contributed by atoms with E-state index >= 15 is 0 Å². The van der Waals surface area contributed by atoms with Crippen molar-refractivity contribution in [3.8, 4) is 10.6 Å². The monoisotopic (exact) mass is 339 g/mol. The molecule has 0 unspecified atom stereocenters. The molecule has 9 heteroatoms. The third-order valence-electron chi connectivity index (χ3n) is 2.62. The maximum Gasteiger partial charge on any atom is 0.228 e. The van der Waals surface area contributed by atoms with Crippen molar-refractivity contribution in [3.63, 3.8) is 0 Å². The summed E-state index contributed by atoms with van der Waals surface area (Å²) in [4.78, 5) is 17.2. The molecule has 0 fully saturated rings. The smallest absolute Gasteiger partial charge is 0.228 e. The van der Waals surface area contributed by atoms with Crippen molar-refractivity contribution in [2.75, 3.05) is 5.32 Å². The minimum absolute atomic E-state index is 0.101. The van der Waals surface area contributed by atoms with Gasteiger partial charge in [-0.25, -0.2) is 4.98 Å². The molecule has 3 aromatic heterocycles. The van der Waals surface area contributed by atoms with Crippen LogP contribution in [0.1, 0.15) is 6.42 Å². The van der Waals surface area contributed by atoms with Gasteiger partial charge in [0.05, 0.1) is 27.6 Å². The number of carbonyl (C=O) groups excluding carboxylic acids is 1. The van der Waals surface area contributed by atoms with Crippen molar-refractivity contribution in [3.05, 3.63) is 34.2 Å². The Morgan fingerprint density at radius 2 is 2.33 bits per heavy atom. The molecular weight excluding hydrogens is 330 g/mol. The predicted molar refractivity (Wildman–Crippen MR) is 83.7 cm³/mol. The summed E-state index contributed by atoms with van der Waals surface area (Å²) >= 11 is 8.75. The maximum atomic E-state index is 11.8. The van der Waals surface area contributed by atoms with Crippen LogP contribution in [0.15, 0.2) is 29.9 Å². The first-order valence-corrected chi connectivity index (χ1v) is 8.13. The molecule has 0 saturated heterocycles. The molecule has 1 amide bonds. The fourth-order valence-corrected chi connectivity index (χ4v) is 3.45. The topological polar surface area (TPSA) is 72.7 Å². The zero-order chi connectivity index (χ0) is 14.7. The summed E-state index contributed by atoms with van der Waals surface area (Å²) in [6, 6.07) is 3.75. The summed E-state index contributed by atoms with van der Waals surface area (Å²) in [7, 11) is 0. The van der Waals surface area contributed by atoms with Gasteiger partial charge in [-0.05, 0) is 12.1 Å². The molecule has 3 heterocycles. The van der Waals surface area contributed by atoms with Gasteiger partial charge in [0, 0.05) is 18.0 Å². The quantitative estimate of drug-likeness (QED) is 0.775. The van der Waals surface area contributed by atoms with Crippen molar-refractivity contribution in [2.45, 2.75) is 13.0 Å². The fraction of sp³-hybridized carbons (Fsp3) is 0.167. The van der Waals surface area contributed by atoms with E-state index in [0.29, 0.717) is 18.1 Å². The highest BCUT2D eigenvalue weighted by Gasteiger charge is 2.09. The number of hydrogen-bond acceptors (Lipinski definition) is 6. The lowest BCUT2D eigenvalue weighted by molar-refractivity contribution is -0.116. The zero-order valence-electron chi connectivity index (χ0n) is 10.7. The average Bonchev–Trinajstić information content (AvgIpc) is 3.17. The van der Waals surface area contributed by atoms with Crippen LogP contribution in [0, 0.1) is 0 Å². The Labute approximate surface area is 133 Å². The van der Waals surface area contributed by atoms with Gasteiger partial charge in [0.25, 0.3) is 0 Å². The number of thiazole rings is 1. The zero-order valence-corrected chi connectivity index (χ0v) is 13.1. The molecule has 0 aliphatic carbocycles. The van der Waals surface area contributed by atoms with Crippen LogP contribution in [0.5, 0.6) is 0 Å². The first-order chi connectivity index (χ1) is 10.2. The molecule has 108 valence electrons. The largest absolute Gasteiger partial charge is 0.302 e. The number of nitrogens with one attached hydrogen (secondary N) is 1. The molecule has 0 spiro atoms. The van der Waals surface area contributed by atoms with E-state index in [0.717, 1.165) is 14.9 Å². The van der Waals surface area contributed by atoms with Gasteiger partial charge in [0.15, 0.2) is 5.13 Å². The lowest BCUT2D eigenvalue weighted by Crippen LogP contribution is -2.14. The number of aryl methyl sites for hydroxylation is 1. The number of amides is 1. The second-order valence-corrected chi connectivity index (χ2v) is 6.68. The van der Waals surface area contributed by atoms with Crippen molar-refractivity contribution in [1.29, 1.82) is 0 Å². The summed E-state index contributed by atoms with van der Waals surface area (Å²) < 4.78 is 2.33. The summed E-state index contributed by atoms with van der Waals surface area (Å²) in [6.45, 7) is 0.491. The van der Waals surface area contributed by atoms with E-state index in [1.807, 2.05) is 17.5 Å². The van der Waals surface area contributed by atoms with Gasteiger partial charge in [-0.3, -0.25) is 9.48 Å². The standard InChI is InChI=1S/C12H10ClN5OS2/c13-10-2-1-9(21-10)8-7-20-12(15-8)16-11(19)3-5-18-6-4-14-17-18/h1-2,4,6-7H,3,5H2,(H,15,16,19). The van der Waals surface area contributed by atoms with E-state index < -0.39 is 0 Å². The molecule has 0 radical (unpaired) electrons. The van der Waals surface area contributed by atoms with Crippen LogP contribution in [0.2, 0.25) is 4.34 Å². The molecule has 3 aromatic rings. The SMILES string of the molecule is O=C(CCn1ccnn1)Nc1nc(-c2ccc(Cl)s2)cs1. The number of aromatic nitrogens is 4. The molecule has 3 rings (SSSR count). The lowest BCUT2D eigenvalue weighted by atomic mass is 10.4. The summed E-state index contributed by atoms with van der Waals surface area (Å²) in [6.07, 6.45) is 3.62. The number of nitrogens with zero attached hydrogens (tertiary/aromatic N) is 4. The van der Waals surface area contributed by atoms with Gasteiger partial charge >= 0.3 is 0 Å². The highest BCUT2D eigenvalue weighted by atomic mass is 35.5. The number of rotatable bonds is 5. The van der Waals surface area contributed by atoms with E-state index in [2.05, 4.69) is 20.6 Å². The second kappa shape index (κ2) is 6.33. The number of anilines is 1. The van der Waals surface area contributed by atoms with Gasteiger partial charge in [0.1, 0.15) is 0 Å². The highest BCUT2D eigenvalue weighted by molar-refractivity contribution is 7.20. The first kappa shape index (κ1) is 14.2. The molecule has 0 bridgehead atoms. The van der Waals surface area contributed by atoms with Crippen molar-refractivity contribution >= 4 is 45.3 Å². The van der Waals surface area contributed by atoms with Gasteiger partial charge in [-0.2, -0.15) is 0 Å². The van der Waals surface area contributed by atoms with Crippen molar-refractivity contribution < 1.29 is 4.79 Å². The number of carbonyl (C=O) groups is 1. The van der Waals surface area contributed by atoms with Crippen molar-refractivity contribution in [2.24, 2.45) is 0 Å². The second-order valence-electron chi connectivity index (χ2n) is 4.11. The Morgan fingerprint density at radius 3 is 3.05 bits per heavy atom. The molecule has 21 heavy (non-hydrogen) atoms. The minimum atomic E-state index is -0.101. The van der Waals surface area contributed by atoms with Gasteiger partial charge in [0.2, 0.25) is 5.91 Å². The average molecular weight is 340 g/mol. The van der Waals surface area contributed by atoms with Crippen LogP contribution in [-0.4, -0.2) is 25.9 Å². The Balaban J connectivity index is 1.58. The molecule has 0 aliphatic rings. The third kappa shape index (κ3) is 3.66. The molecule has 6 nitrogen and oxygen atoms in total. The van der Waals surface area contributed by atoms with Crippen LogP contribution in [0.3, 0.4) is 0 Å². The van der Waals surface area contributed by atoms with E-state index in [9.17, 15) is 4.79 Å². The Hall–Kier alpha value is -1.77. The van der Waals surface area contributed by atoms with E-state index in [4.69, 9.17) is 11.6 Å². The highest BCUT2D eigenvalue weighted by Crippen LogP contribution is 2.32. The van der Waals surface area contributed by atoms with Gasteiger partial charge in [-0.15, -0.1) is 27.8 Å². The fourth-order valence-electron chi connectivity index (χ4n) is 1.65. The van der Waals surface area contributed by atoms with E-state index in [1.165, 1.54) is 22.7 Å². The Morgan fingerprint density at radius 1 is 1.43 bits per heavy atom. The van der Waals surface area contributed by atoms with Crippen molar-refractivity contribution in [1.82, 2.24) is 20.0 Å². The minimum Gasteiger partial charge on any atom is -0.302 e. The van der Waals surface area contributed by atoms with E-state index in [1.54, 1.807) is 17.1 Å². The molecule has 0 aromatic carbocycles. The van der Waals surface area contributed by atoms with Crippen LogP contribution < -0.4 is 5.32 Å². The Kier molecular flexibility index (Phi) is 4.28. The van der Waals surface area contributed by atoms with Crippen LogP contribution in [0.4, 0.5) is 5.13 Å². The number of hydrogen-bond donors (Lipinski definition) is 1. The predicted octanol–water partition coefficient (Wildman–Crippen LogP) is 3.15. The van der Waals surface area contributed by atoms with Gasteiger partial charge in [-0.1, -0.05) is 16.8 Å². The van der Waals surface area contributed by atoms with Gasteiger partial charge < -0.3 is 5.32 Å². The summed E-state index contributed by atoms with van der Waals surface area (Å²) in [5.41, 5.74) is 0.823. The number of halogens is 1. The first-order valence-electron chi connectivity index (χ1n) is 6.06. The molecule has 0 atom stereocenters. The van der Waals surface area contributed by atoms with E-state index in [-0.39, 0.29) is 5.91 Å². The maximum absolute atomic E-state index is 11.8. The third-order valence-corrected chi connectivity index (χ3v) is 4.63. The molecule has 0 saturated carbocycles. The van der Waals surface area contributed by atoms with Crippen LogP contribution in [0.25, 0.3) is 10.6 Å². The lowest BCUT2D eigenvalue weighted by Gasteiger charge is -2.01. The molecule has 1 N–H and O–H groups in total. The number of thiophene rings is 1. The van der Waals surface area contributed by atoms with Crippen LogP contribution in [-0.2, 0) is 11.3 Å². The summed E-state index contributed by atoms with van der Waals surface area (Å²) in [5, 5.41) is 12.7. The summed E-state index contributed by atoms with van der Waals surface area (Å²) in [5.74, 6) is -0.101.